The number of hydrogen-bond acceptors (Lipinski definition) is 5. The lowest BCUT2D eigenvalue weighted by atomic mass is 10.3. The fraction of sp³-hybridized carbons (Fsp3) is 0.125. The normalized spacial score (nSPS) is 10.4. The Morgan fingerprint density at radius 3 is 2.86 bits per heavy atom. The number of aromatic nitrogens is 1. The Morgan fingerprint density at radius 1 is 1.23 bits per heavy atom. The van der Waals surface area contributed by atoms with E-state index in [1.807, 2.05) is 47.8 Å². The summed E-state index contributed by atoms with van der Waals surface area (Å²) >= 11 is 1.53. The van der Waals surface area contributed by atoms with Gasteiger partial charge >= 0.3 is 0 Å². The van der Waals surface area contributed by atoms with Crippen LogP contribution >= 0.6 is 11.3 Å². The number of benzene rings is 1. The number of para-hydroxylation sites is 1. The van der Waals surface area contributed by atoms with E-state index in [0.29, 0.717) is 18.9 Å². The monoisotopic (exact) mass is 314 g/mol. The summed E-state index contributed by atoms with van der Waals surface area (Å²) in [5.74, 6) is 1.10. The van der Waals surface area contributed by atoms with E-state index in [2.05, 4.69) is 10.5 Å². The molecule has 112 valence electrons. The topological polar surface area (TPSA) is 64.4 Å². The Labute approximate surface area is 131 Å². The second-order valence-corrected chi connectivity index (χ2v) is 5.42. The van der Waals surface area contributed by atoms with Gasteiger partial charge < -0.3 is 14.6 Å². The van der Waals surface area contributed by atoms with Gasteiger partial charge in [0.15, 0.2) is 11.5 Å². The average Bonchev–Trinajstić information content (AvgIpc) is 3.22. The van der Waals surface area contributed by atoms with Gasteiger partial charge in [-0.1, -0.05) is 29.4 Å². The lowest BCUT2D eigenvalue weighted by molar-refractivity contribution is 0.0938. The van der Waals surface area contributed by atoms with Crippen molar-refractivity contribution in [3.63, 3.8) is 0 Å². The molecular formula is C16H14N2O3S. The van der Waals surface area contributed by atoms with Crippen LogP contribution < -0.4 is 10.1 Å². The number of thiophene rings is 1. The molecule has 0 saturated heterocycles. The Bertz CT molecular complexity index is 723. The summed E-state index contributed by atoms with van der Waals surface area (Å²) in [4.78, 5) is 12.9. The van der Waals surface area contributed by atoms with E-state index in [9.17, 15) is 4.79 Å². The predicted molar refractivity (Wildman–Crippen MR) is 84.1 cm³/mol. The van der Waals surface area contributed by atoms with Crippen molar-refractivity contribution >= 4 is 17.2 Å². The second-order valence-electron chi connectivity index (χ2n) is 4.47. The third-order valence-corrected chi connectivity index (χ3v) is 3.79. The van der Waals surface area contributed by atoms with Gasteiger partial charge in [-0.3, -0.25) is 4.79 Å². The van der Waals surface area contributed by atoms with Crippen LogP contribution in [0.3, 0.4) is 0 Å². The first-order chi connectivity index (χ1) is 10.8. The molecule has 2 heterocycles. The Hall–Kier alpha value is -2.60. The fourth-order valence-electron chi connectivity index (χ4n) is 1.86. The van der Waals surface area contributed by atoms with E-state index in [0.717, 1.165) is 10.6 Å². The largest absolute Gasteiger partial charge is 0.492 e. The van der Waals surface area contributed by atoms with E-state index < -0.39 is 0 Å². The summed E-state index contributed by atoms with van der Waals surface area (Å²) in [6.45, 7) is 0.792. The molecule has 0 fully saturated rings. The van der Waals surface area contributed by atoms with Crippen molar-refractivity contribution in [1.29, 1.82) is 0 Å². The first-order valence-electron chi connectivity index (χ1n) is 6.79. The molecule has 0 bridgehead atoms. The first kappa shape index (κ1) is 14.3. The van der Waals surface area contributed by atoms with Crippen LogP contribution in [0.5, 0.6) is 5.75 Å². The van der Waals surface area contributed by atoms with Crippen molar-refractivity contribution in [3.8, 4) is 16.4 Å². The molecule has 0 atom stereocenters. The van der Waals surface area contributed by atoms with Gasteiger partial charge in [0.1, 0.15) is 12.4 Å². The first-order valence-corrected chi connectivity index (χ1v) is 7.67. The second kappa shape index (κ2) is 6.91. The van der Waals surface area contributed by atoms with Crippen LogP contribution in [0, 0.1) is 0 Å². The van der Waals surface area contributed by atoms with Crippen molar-refractivity contribution < 1.29 is 14.1 Å². The zero-order valence-electron chi connectivity index (χ0n) is 11.7. The third-order valence-electron chi connectivity index (χ3n) is 2.91. The zero-order chi connectivity index (χ0) is 15.2. The van der Waals surface area contributed by atoms with Gasteiger partial charge in [0, 0.05) is 6.07 Å². The molecule has 1 N–H and O–H groups in total. The maximum absolute atomic E-state index is 12.0. The summed E-state index contributed by atoms with van der Waals surface area (Å²) in [5.41, 5.74) is 0.267. The summed E-state index contributed by atoms with van der Waals surface area (Å²) in [5, 5.41) is 8.48. The van der Waals surface area contributed by atoms with Crippen molar-refractivity contribution in [1.82, 2.24) is 10.5 Å². The van der Waals surface area contributed by atoms with Crippen molar-refractivity contribution in [2.24, 2.45) is 0 Å². The molecule has 1 amide bonds. The third kappa shape index (κ3) is 3.53. The lowest BCUT2D eigenvalue weighted by Gasteiger charge is -2.06. The summed E-state index contributed by atoms with van der Waals surface area (Å²) < 4.78 is 10.7. The minimum absolute atomic E-state index is 0.267. The van der Waals surface area contributed by atoms with Crippen molar-refractivity contribution in [3.05, 3.63) is 59.6 Å². The predicted octanol–water partition coefficient (Wildman–Crippen LogP) is 3.21. The molecule has 6 heteroatoms. The van der Waals surface area contributed by atoms with E-state index in [4.69, 9.17) is 9.26 Å². The number of hydrogen-bond donors (Lipinski definition) is 1. The van der Waals surface area contributed by atoms with E-state index in [-0.39, 0.29) is 11.6 Å². The highest BCUT2D eigenvalue weighted by atomic mass is 32.1. The van der Waals surface area contributed by atoms with Crippen LogP contribution in [-0.4, -0.2) is 24.2 Å². The highest BCUT2D eigenvalue weighted by Crippen LogP contribution is 2.24. The number of nitrogens with zero attached hydrogens (tertiary/aromatic N) is 1. The highest BCUT2D eigenvalue weighted by molar-refractivity contribution is 7.13. The van der Waals surface area contributed by atoms with Crippen LogP contribution in [0.1, 0.15) is 10.5 Å². The number of amides is 1. The molecule has 5 nitrogen and oxygen atoms in total. The van der Waals surface area contributed by atoms with Gasteiger partial charge in [0.2, 0.25) is 0 Å². The maximum Gasteiger partial charge on any atom is 0.273 e. The highest BCUT2D eigenvalue weighted by Gasteiger charge is 2.13. The number of ether oxygens (including phenoxy) is 1. The van der Waals surface area contributed by atoms with E-state index >= 15 is 0 Å². The maximum atomic E-state index is 12.0. The molecule has 0 aliphatic rings. The molecule has 0 radical (unpaired) electrons. The minimum atomic E-state index is -0.275. The Kier molecular flexibility index (Phi) is 4.50. The van der Waals surface area contributed by atoms with E-state index in [1.165, 1.54) is 11.3 Å². The molecule has 0 spiro atoms. The Morgan fingerprint density at radius 2 is 2.09 bits per heavy atom. The van der Waals surface area contributed by atoms with Gasteiger partial charge in [-0.15, -0.1) is 11.3 Å². The van der Waals surface area contributed by atoms with Crippen LogP contribution in [0.4, 0.5) is 0 Å². The van der Waals surface area contributed by atoms with Crippen LogP contribution in [0.25, 0.3) is 10.6 Å². The number of carbonyl (C=O) groups is 1. The Balaban J connectivity index is 1.48. The molecule has 0 aliphatic carbocycles. The quantitative estimate of drug-likeness (QED) is 0.710. The summed E-state index contributed by atoms with van der Waals surface area (Å²) in [6, 6.07) is 14.9. The SMILES string of the molecule is O=C(NCCOc1ccccc1)c1cc(-c2cccs2)on1. The van der Waals surface area contributed by atoms with Gasteiger partial charge in [0.25, 0.3) is 5.91 Å². The lowest BCUT2D eigenvalue weighted by Crippen LogP contribution is -2.28. The molecular weight excluding hydrogens is 300 g/mol. The van der Waals surface area contributed by atoms with Crippen LogP contribution in [0.15, 0.2) is 58.4 Å². The molecule has 0 aliphatic heterocycles. The van der Waals surface area contributed by atoms with Gasteiger partial charge in [0.05, 0.1) is 11.4 Å². The fourth-order valence-corrected chi connectivity index (χ4v) is 2.53. The number of carbonyl (C=O) groups excluding carboxylic acids is 1. The van der Waals surface area contributed by atoms with Crippen molar-refractivity contribution in [2.45, 2.75) is 0 Å². The van der Waals surface area contributed by atoms with Gasteiger partial charge in [-0.2, -0.15) is 0 Å². The molecule has 0 saturated carbocycles. The van der Waals surface area contributed by atoms with Crippen molar-refractivity contribution in [2.75, 3.05) is 13.2 Å². The van der Waals surface area contributed by atoms with E-state index in [1.54, 1.807) is 6.07 Å². The van der Waals surface area contributed by atoms with Gasteiger partial charge in [-0.25, -0.2) is 0 Å². The molecule has 3 aromatic rings. The smallest absolute Gasteiger partial charge is 0.273 e. The zero-order valence-corrected chi connectivity index (χ0v) is 12.5. The molecule has 2 aromatic heterocycles. The number of rotatable bonds is 6. The standard InChI is InChI=1S/C16H14N2O3S/c19-16(17-8-9-20-12-5-2-1-3-6-12)13-11-14(21-18-13)15-7-4-10-22-15/h1-7,10-11H,8-9H2,(H,17,19). The van der Waals surface area contributed by atoms with Crippen LogP contribution in [0.2, 0.25) is 0 Å². The molecule has 3 rings (SSSR count). The molecule has 1 aromatic carbocycles. The molecule has 0 unspecified atom stereocenters. The number of nitrogens with one attached hydrogen (secondary N) is 1. The average molecular weight is 314 g/mol. The summed E-state index contributed by atoms with van der Waals surface area (Å²) in [6.07, 6.45) is 0. The molecule has 22 heavy (non-hydrogen) atoms. The van der Waals surface area contributed by atoms with Crippen LogP contribution in [-0.2, 0) is 0 Å². The van der Waals surface area contributed by atoms with Gasteiger partial charge in [-0.05, 0) is 23.6 Å². The summed E-state index contributed by atoms with van der Waals surface area (Å²) in [7, 11) is 0. The minimum Gasteiger partial charge on any atom is -0.492 e.